The lowest BCUT2D eigenvalue weighted by molar-refractivity contribution is -0.133. The fourth-order valence-electron chi connectivity index (χ4n) is 4.45. The minimum Gasteiger partial charge on any atom is -0.356 e. The van der Waals surface area contributed by atoms with Crippen LogP contribution in [0.15, 0.2) is 48.5 Å². The first-order chi connectivity index (χ1) is 13.1. The quantitative estimate of drug-likeness (QED) is 0.374. The van der Waals surface area contributed by atoms with Crippen LogP contribution in [0.25, 0.3) is 10.9 Å². The molecule has 0 spiro atoms. The Bertz CT molecular complexity index is 963. The largest absolute Gasteiger partial charge is 0.356 e. The van der Waals surface area contributed by atoms with Gasteiger partial charge in [0.2, 0.25) is 5.91 Å². The van der Waals surface area contributed by atoms with Crippen molar-refractivity contribution in [1.82, 2.24) is 9.88 Å². The van der Waals surface area contributed by atoms with E-state index in [4.69, 9.17) is 0 Å². The number of hydrogen-bond donors (Lipinski definition) is 1. The first-order valence-electron chi connectivity index (χ1n) is 9.63. The third-order valence-corrected chi connectivity index (χ3v) is 6.42. The van der Waals surface area contributed by atoms with Gasteiger partial charge in [-0.2, -0.15) is 0 Å². The molecule has 1 aromatic heterocycles. The van der Waals surface area contributed by atoms with Crippen molar-refractivity contribution in [1.29, 1.82) is 0 Å². The molecule has 0 radical (unpaired) electrons. The lowest BCUT2D eigenvalue weighted by Gasteiger charge is -2.38. The summed E-state index contributed by atoms with van der Waals surface area (Å²) in [5.74, 6) is 0.208. The molecule has 1 unspecified atom stereocenters. The Morgan fingerprint density at radius 3 is 2.78 bits per heavy atom. The van der Waals surface area contributed by atoms with Crippen molar-refractivity contribution in [3.05, 3.63) is 70.9 Å². The number of aromatic amines is 1. The molecule has 1 amide bonds. The molecule has 0 fully saturated rings. The highest BCUT2D eigenvalue weighted by atomic mass is 127. The van der Waals surface area contributed by atoms with Gasteiger partial charge in [0.05, 0.1) is 16.5 Å². The number of aromatic nitrogens is 1. The van der Waals surface area contributed by atoms with Gasteiger partial charge in [0.15, 0.2) is 0 Å². The average molecular weight is 472 g/mol. The molecule has 4 heteroatoms. The third-order valence-electron chi connectivity index (χ3n) is 5.77. The Morgan fingerprint density at radius 2 is 2.04 bits per heavy atom. The SMILES string of the molecule is Cc1ccc2[nH]c3c(c2c1)CCCC3N(C(=O)CI)[C@@H](C)c1ccccc1. The number of hydrogen-bond acceptors (Lipinski definition) is 1. The summed E-state index contributed by atoms with van der Waals surface area (Å²) in [6.07, 6.45) is 3.21. The van der Waals surface area contributed by atoms with Gasteiger partial charge in [0, 0.05) is 16.6 Å². The highest BCUT2D eigenvalue weighted by molar-refractivity contribution is 14.1. The summed E-state index contributed by atoms with van der Waals surface area (Å²) in [5.41, 5.74) is 6.30. The molecule has 0 saturated carbocycles. The number of carbonyl (C=O) groups is 1. The van der Waals surface area contributed by atoms with Crippen LogP contribution in [-0.2, 0) is 11.2 Å². The first-order valence-corrected chi connectivity index (χ1v) is 11.2. The molecule has 140 valence electrons. The van der Waals surface area contributed by atoms with Gasteiger partial charge in [-0.1, -0.05) is 64.6 Å². The van der Waals surface area contributed by atoms with Crippen molar-refractivity contribution in [2.24, 2.45) is 0 Å². The number of nitrogens with zero attached hydrogens (tertiary/aromatic N) is 1. The van der Waals surface area contributed by atoms with Crippen molar-refractivity contribution < 1.29 is 4.79 Å². The molecule has 4 rings (SSSR count). The summed E-state index contributed by atoms with van der Waals surface area (Å²) >= 11 is 2.19. The average Bonchev–Trinajstić information content (AvgIpc) is 3.07. The van der Waals surface area contributed by atoms with Gasteiger partial charge in [-0.05, 0) is 56.4 Å². The molecule has 1 aliphatic carbocycles. The van der Waals surface area contributed by atoms with Crippen LogP contribution in [0.5, 0.6) is 0 Å². The van der Waals surface area contributed by atoms with E-state index < -0.39 is 0 Å². The number of H-pyrrole nitrogens is 1. The van der Waals surface area contributed by atoms with Crippen molar-refractivity contribution in [2.75, 3.05) is 4.43 Å². The summed E-state index contributed by atoms with van der Waals surface area (Å²) in [7, 11) is 0. The Morgan fingerprint density at radius 1 is 1.26 bits per heavy atom. The predicted octanol–water partition coefficient (Wildman–Crippen LogP) is 5.88. The van der Waals surface area contributed by atoms with Crippen molar-refractivity contribution in [3.8, 4) is 0 Å². The molecule has 27 heavy (non-hydrogen) atoms. The van der Waals surface area contributed by atoms with Crippen LogP contribution in [0.2, 0.25) is 0 Å². The molecule has 1 aliphatic rings. The van der Waals surface area contributed by atoms with E-state index in [1.165, 1.54) is 33.3 Å². The van der Waals surface area contributed by atoms with Crippen LogP contribution in [0.1, 0.15) is 54.2 Å². The van der Waals surface area contributed by atoms with E-state index in [-0.39, 0.29) is 18.0 Å². The zero-order chi connectivity index (χ0) is 19.0. The molecule has 3 aromatic rings. The first kappa shape index (κ1) is 18.5. The zero-order valence-electron chi connectivity index (χ0n) is 15.8. The van der Waals surface area contributed by atoms with Gasteiger partial charge >= 0.3 is 0 Å². The lowest BCUT2D eigenvalue weighted by Crippen LogP contribution is -2.39. The molecular formula is C23H25IN2O. The minimum atomic E-state index is 0.0533. The predicted molar refractivity (Wildman–Crippen MR) is 119 cm³/mol. The van der Waals surface area contributed by atoms with E-state index in [2.05, 4.69) is 88.8 Å². The monoisotopic (exact) mass is 472 g/mol. The van der Waals surface area contributed by atoms with E-state index in [0.29, 0.717) is 4.43 Å². The van der Waals surface area contributed by atoms with Crippen molar-refractivity contribution >= 4 is 39.4 Å². The molecule has 1 heterocycles. The normalized spacial score (nSPS) is 17.5. The number of nitrogens with one attached hydrogen (secondary N) is 1. The highest BCUT2D eigenvalue weighted by Crippen LogP contribution is 2.41. The van der Waals surface area contributed by atoms with Crippen LogP contribution in [0, 0.1) is 6.92 Å². The number of rotatable bonds is 4. The maximum atomic E-state index is 13.0. The van der Waals surface area contributed by atoms with E-state index in [9.17, 15) is 4.79 Å². The van der Waals surface area contributed by atoms with Gasteiger partial charge in [-0.3, -0.25) is 4.79 Å². The van der Waals surface area contributed by atoms with Gasteiger partial charge in [-0.25, -0.2) is 0 Å². The molecule has 0 aliphatic heterocycles. The number of aryl methyl sites for hydroxylation is 2. The van der Waals surface area contributed by atoms with Crippen molar-refractivity contribution in [2.45, 2.75) is 45.2 Å². The summed E-state index contributed by atoms with van der Waals surface area (Å²) < 4.78 is 0.500. The fraction of sp³-hybridized carbons (Fsp3) is 0.348. The number of carbonyl (C=O) groups excluding carboxylic acids is 1. The Balaban J connectivity index is 1.80. The molecule has 2 aromatic carbocycles. The topological polar surface area (TPSA) is 36.1 Å². The van der Waals surface area contributed by atoms with E-state index in [1.54, 1.807) is 0 Å². The molecular weight excluding hydrogens is 447 g/mol. The van der Waals surface area contributed by atoms with E-state index >= 15 is 0 Å². The maximum absolute atomic E-state index is 13.0. The van der Waals surface area contributed by atoms with Crippen LogP contribution in [-0.4, -0.2) is 20.2 Å². The van der Waals surface area contributed by atoms with Crippen LogP contribution >= 0.6 is 22.6 Å². The van der Waals surface area contributed by atoms with Gasteiger partial charge in [0.25, 0.3) is 0 Å². The third kappa shape index (κ3) is 3.40. The number of alkyl halides is 1. The molecule has 0 bridgehead atoms. The molecule has 0 saturated heterocycles. The summed E-state index contributed by atoms with van der Waals surface area (Å²) in [6, 6.07) is 17.1. The number of benzene rings is 2. The maximum Gasteiger partial charge on any atom is 0.233 e. The molecule has 2 atom stereocenters. The minimum absolute atomic E-state index is 0.0533. The summed E-state index contributed by atoms with van der Waals surface area (Å²) in [6.45, 7) is 4.29. The van der Waals surface area contributed by atoms with E-state index in [0.717, 1.165) is 19.3 Å². The van der Waals surface area contributed by atoms with Crippen LogP contribution < -0.4 is 0 Å². The molecule has 1 N–H and O–H groups in total. The molecule has 3 nitrogen and oxygen atoms in total. The Labute approximate surface area is 174 Å². The Kier molecular flexibility index (Phi) is 5.26. The van der Waals surface area contributed by atoms with Gasteiger partial charge in [0.1, 0.15) is 0 Å². The Hall–Kier alpha value is -1.82. The second-order valence-electron chi connectivity index (χ2n) is 7.50. The zero-order valence-corrected chi connectivity index (χ0v) is 18.0. The fourth-order valence-corrected chi connectivity index (χ4v) is 4.85. The van der Waals surface area contributed by atoms with Crippen LogP contribution in [0.4, 0.5) is 0 Å². The number of amides is 1. The number of halogens is 1. The second-order valence-corrected chi connectivity index (χ2v) is 8.26. The second kappa shape index (κ2) is 7.66. The standard InChI is InChI=1S/C23H25IN2O/c1-15-11-12-20-19(13-15)18-9-6-10-21(23(18)25-20)26(22(27)14-24)16(2)17-7-4-3-5-8-17/h3-5,7-8,11-13,16,21,25H,6,9-10,14H2,1-2H3/t16-,21?/m0/s1. The van der Waals surface area contributed by atoms with Crippen molar-refractivity contribution in [3.63, 3.8) is 0 Å². The van der Waals surface area contributed by atoms with E-state index in [1.807, 2.05) is 6.07 Å². The summed E-state index contributed by atoms with van der Waals surface area (Å²) in [5, 5.41) is 1.32. The smallest absolute Gasteiger partial charge is 0.233 e. The highest BCUT2D eigenvalue weighted by Gasteiger charge is 2.34. The number of fused-ring (bicyclic) bond motifs is 3. The van der Waals surface area contributed by atoms with Gasteiger partial charge < -0.3 is 9.88 Å². The van der Waals surface area contributed by atoms with Crippen LogP contribution in [0.3, 0.4) is 0 Å². The lowest BCUT2D eigenvalue weighted by atomic mass is 9.89. The van der Waals surface area contributed by atoms with Gasteiger partial charge in [-0.15, -0.1) is 0 Å². The summed E-state index contributed by atoms with van der Waals surface area (Å²) in [4.78, 5) is 18.8.